The smallest absolute Gasteiger partial charge is 0.258 e. The highest BCUT2D eigenvalue weighted by Crippen LogP contribution is 2.20. The summed E-state index contributed by atoms with van der Waals surface area (Å²) in [7, 11) is 0. The Morgan fingerprint density at radius 1 is 1.26 bits per heavy atom. The molecule has 0 aliphatic heterocycles. The first-order valence-corrected chi connectivity index (χ1v) is 8.07. The molecule has 0 fully saturated rings. The number of hydrogen-bond donors (Lipinski definition) is 1. The maximum atomic E-state index is 12.4. The molecule has 3 aromatic rings. The lowest BCUT2D eigenvalue weighted by molar-refractivity contribution is 0.102. The summed E-state index contributed by atoms with van der Waals surface area (Å²) in [6.45, 7) is 1.81. The van der Waals surface area contributed by atoms with E-state index in [4.69, 9.17) is 0 Å². The van der Waals surface area contributed by atoms with Crippen LogP contribution in [-0.4, -0.2) is 37.4 Å². The zero-order chi connectivity index (χ0) is 16.2. The van der Waals surface area contributed by atoms with Gasteiger partial charge in [0.05, 0.1) is 11.3 Å². The Balaban J connectivity index is 1.86. The summed E-state index contributed by atoms with van der Waals surface area (Å²) in [4.78, 5) is 16.6. The summed E-state index contributed by atoms with van der Waals surface area (Å²) >= 11 is 1.43. The van der Waals surface area contributed by atoms with Crippen LogP contribution in [0.4, 0.5) is 5.69 Å². The number of nitrogens with one attached hydrogen (secondary N) is 1. The molecule has 1 amide bonds. The number of amides is 1. The fourth-order valence-electron chi connectivity index (χ4n) is 2.11. The van der Waals surface area contributed by atoms with Gasteiger partial charge in [0.15, 0.2) is 5.82 Å². The molecule has 0 radical (unpaired) electrons. The number of aryl methyl sites for hydroxylation is 1. The van der Waals surface area contributed by atoms with Crippen molar-refractivity contribution in [3.8, 4) is 5.69 Å². The van der Waals surface area contributed by atoms with E-state index in [9.17, 15) is 4.79 Å². The van der Waals surface area contributed by atoms with E-state index in [0.29, 0.717) is 22.1 Å². The van der Waals surface area contributed by atoms with Crippen LogP contribution in [0, 0.1) is 6.92 Å². The average Bonchev–Trinajstić information content (AvgIpc) is 3.01. The number of rotatable bonds is 4. The third-order valence-corrected chi connectivity index (χ3v) is 3.90. The predicted octanol–water partition coefficient (Wildman–Crippen LogP) is 2.34. The highest BCUT2D eigenvalue weighted by atomic mass is 32.2. The Morgan fingerprint density at radius 3 is 2.87 bits per heavy atom. The molecule has 8 heteroatoms. The van der Waals surface area contributed by atoms with E-state index < -0.39 is 0 Å². The highest BCUT2D eigenvalue weighted by molar-refractivity contribution is 7.98. The summed E-state index contributed by atoms with van der Waals surface area (Å²) < 4.78 is 1.60. The van der Waals surface area contributed by atoms with Gasteiger partial charge in [-0.2, -0.15) is 4.68 Å². The molecule has 7 nitrogen and oxygen atoms in total. The lowest BCUT2D eigenvalue weighted by atomic mass is 10.2. The van der Waals surface area contributed by atoms with E-state index in [0.717, 1.165) is 5.69 Å². The monoisotopic (exact) mass is 326 g/mol. The van der Waals surface area contributed by atoms with E-state index in [1.165, 1.54) is 11.8 Å². The summed E-state index contributed by atoms with van der Waals surface area (Å²) in [6, 6.07) is 10.8. The molecule has 0 aliphatic carbocycles. The summed E-state index contributed by atoms with van der Waals surface area (Å²) in [5.74, 6) is 0.471. The number of pyridine rings is 1. The largest absolute Gasteiger partial charge is 0.322 e. The normalized spacial score (nSPS) is 10.5. The summed E-state index contributed by atoms with van der Waals surface area (Å²) in [5.41, 5.74) is 1.99. The molecule has 0 aliphatic rings. The maximum absolute atomic E-state index is 12.4. The zero-order valence-electron chi connectivity index (χ0n) is 12.6. The number of tetrazole rings is 1. The Morgan fingerprint density at radius 2 is 2.13 bits per heavy atom. The second kappa shape index (κ2) is 6.57. The van der Waals surface area contributed by atoms with Gasteiger partial charge in [-0.1, -0.05) is 6.07 Å². The molecule has 2 aromatic heterocycles. The minimum Gasteiger partial charge on any atom is -0.322 e. The van der Waals surface area contributed by atoms with Crippen LogP contribution in [-0.2, 0) is 0 Å². The zero-order valence-corrected chi connectivity index (χ0v) is 13.4. The molecular formula is C15H14N6OS. The number of aromatic nitrogens is 5. The number of carbonyl (C=O) groups excluding carboxylic acids is 1. The minimum absolute atomic E-state index is 0.201. The molecular weight excluding hydrogens is 312 g/mol. The predicted molar refractivity (Wildman–Crippen MR) is 87.9 cm³/mol. The molecule has 3 rings (SSSR count). The van der Waals surface area contributed by atoms with Gasteiger partial charge in [-0.3, -0.25) is 4.79 Å². The van der Waals surface area contributed by atoms with Crippen molar-refractivity contribution < 1.29 is 4.79 Å². The Bertz CT molecular complexity index is 847. The van der Waals surface area contributed by atoms with E-state index in [1.54, 1.807) is 23.0 Å². The number of anilines is 1. The van der Waals surface area contributed by atoms with Crippen molar-refractivity contribution >= 4 is 23.4 Å². The second-order valence-corrected chi connectivity index (χ2v) is 5.50. The Labute approximate surface area is 137 Å². The van der Waals surface area contributed by atoms with Gasteiger partial charge in [0.1, 0.15) is 5.03 Å². The SMILES string of the molecule is CSc1ncccc1C(=O)Nc1cccc(-n2nnnc2C)c1. The van der Waals surface area contributed by atoms with Crippen LogP contribution < -0.4 is 5.32 Å². The van der Waals surface area contributed by atoms with Crippen LogP contribution in [0.15, 0.2) is 47.6 Å². The number of nitrogens with zero attached hydrogens (tertiary/aromatic N) is 5. The molecule has 1 aromatic carbocycles. The van der Waals surface area contributed by atoms with E-state index >= 15 is 0 Å². The first-order chi connectivity index (χ1) is 11.2. The minimum atomic E-state index is -0.201. The van der Waals surface area contributed by atoms with E-state index in [2.05, 4.69) is 25.8 Å². The van der Waals surface area contributed by atoms with Crippen LogP contribution >= 0.6 is 11.8 Å². The van der Waals surface area contributed by atoms with Crippen LogP contribution in [0.5, 0.6) is 0 Å². The van der Waals surface area contributed by atoms with Gasteiger partial charge < -0.3 is 5.32 Å². The topological polar surface area (TPSA) is 85.6 Å². The van der Waals surface area contributed by atoms with Gasteiger partial charge in [0.25, 0.3) is 5.91 Å². The van der Waals surface area contributed by atoms with Gasteiger partial charge >= 0.3 is 0 Å². The van der Waals surface area contributed by atoms with Crippen LogP contribution in [0.25, 0.3) is 5.69 Å². The van der Waals surface area contributed by atoms with Crippen molar-refractivity contribution in [3.05, 3.63) is 54.0 Å². The second-order valence-electron chi connectivity index (χ2n) is 4.70. The molecule has 116 valence electrons. The maximum Gasteiger partial charge on any atom is 0.258 e. The molecule has 2 heterocycles. The molecule has 1 N–H and O–H groups in total. The average molecular weight is 326 g/mol. The van der Waals surface area contributed by atoms with Crippen molar-refractivity contribution in [2.45, 2.75) is 11.9 Å². The Hall–Kier alpha value is -2.74. The lowest BCUT2D eigenvalue weighted by Crippen LogP contribution is -2.14. The van der Waals surface area contributed by atoms with Crippen molar-refractivity contribution in [1.82, 2.24) is 25.2 Å². The molecule has 0 saturated heterocycles. The molecule has 0 spiro atoms. The first kappa shape index (κ1) is 15.2. The molecule has 23 heavy (non-hydrogen) atoms. The molecule has 0 bridgehead atoms. The van der Waals surface area contributed by atoms with Crippen LogP contribution in [0.2, 0.25) is 0 Å². The highest BCUT2D eigenvalue weighted by Gasteiger charge is 2.12. The third kappa shape index (κ3) is 3.21. The van der Waals surface area contributed by atoms with Crippen LogP contribution in [0.1, 0.15) is 16.2 Å². The fraction of sp³-hybridized carbons (Fsp3) is 0.133. The van der Waals surface area contributed by atoms with Crippen molar-refractivity contribution in [1.29, 1.82) is 0 Å². The van der Waals surface area contributed by atoms with Gasteiger partial charge in [-0.25, -0.2) is 4.98 Å². The Kier molecular flexibility index (Phi) is 4.33. The summed E-state index contributed by atoms with van der Waals surface area (Å²) in [6.07, 6.45) is 3.56. The van der Waals surface area contributed by atoms with Gasteiger partial charge in [0.2, 0.25) is 0 Å². The third-order valence-electron chi connectivity index (χ3n) is 3.18. The number of hydrogen-bond acceptors (Lipinski definition) is 6. The van der Waals surface area contributed by atoms with E-state index in [-0.39, 0.29) is 5.91 Å². The summed E-state index contributed by atoms with van der Waals surface area (Å²) in [5, 5.41) is 15.0. The standard InChI is InChI=1S/C15H14N6OS/c1-10-18-19-20-21(10)12-6-3-5-11(9-12)17-14(22)13-7-4-8-16-15(13)23-2/h3-9H,1-2H3,(H,17,22). The number of benzene rings is 1. The number of thioether (sulfide) groups is 1. The lowest BCUT2D eigenvalue weighted by Gasteiger charge is -2.09. The molecule has 0 atom stereocenters. The van der Waals surface area contributed by atoms with E-state index in [1.807, 2.05) is 37.4 Å². The van der Waals surface area contributed by atoms with Gasteiger partial charge in [-0.05, 0) is 53.9 Å². The van der Waals surface area contributed by atoms with Crippen LogP contribution in [0.3, 0.4) is 0 Å². The molecule has 0 saturated carbocycles. The fourth-order valence-corrected chi connectivity index (χ4v) is 2.66. The quantitative estimate of drug-likeness (QED) is 0.741. The number of carbonyl (C=O) groups is 1. The first-order valence-electron chi connectivity index (χ1n) is 6.85. The van der Waals surface area contributed by atoms with Crippen molar-refractivity contribution in [2.75, 3.05) is 11.6 Å². The molecule has 0 unspecified atom stereocenters. The van der Waals surface area contributed by atoms with Crippen molar-refractivity contribution in [2.24, 2.45) is 0 Å². The van der Waals surface area contributed by atoms with Gasteiger partial charge in [-0.15, -0.1) is 16.9 Å². The van der Waals surface area contributed by atoms with Crippen molar-refractivity contribution in [3.63, 3.8) is 0 Å². The van der Waals surface area contributed by atoms with Gasteiger partial charge in [0, 0.05) is 11.9 Å².